The maximum Gasteiger partial charge on any atom is 0.229 e. The van der Waals surface area contributed by atoms with Gasteiger partial charge in [0.2, 0.25) is 5.91 Å². The molecule has 1 amide bonds. The van der Waals surface area contributed by atoms with Crippen LogP contribution in [0.1, 0.15) is 40.5 Å². The molecule has 1 heterocycles. The third kappa shape index (κ3) is 3.48. The number of hydrogen-bond acceptors (Lipinski definition) is 2. The summed E-state index contributed by atoms with van der Waals surface area (Å²) < 4.78 is 0. The Kier molecular flexibility index (Phi) is 4.00. The van der Waals surface area contributed by atoms with Gasteiger partial charge in [0, 0.05) is 20.1 Å². The second-order valence-corrected chi connectivity index (χ2v) is 6.56. The van der Waals surface area contributed by atoms with Gasteiger partial charge in [-0.25, -0.2) is 0 Å². The fraction of sp³-hybridized carbons (Fsp3) is 0.923. The van der Waals surface area contributed by atoms with Gasteiger partial charge in [-0.1, -0.05) is 20.8 Å². The Bertz CT molecular complexity index is 249. The molecule has 1 aliphatic heterocycles. The SMILES string of the molecule is CN(CC(C)(C)C)C(=O)C1(C)CCCNC1. The van der Waals surface area contributed by atoms with E-state index in [1.807, 2.05) is 11.9 Å². The van der Waals surface area contributed by atoms with Crippen LogP contribution in [0.25, 0.3) is 0 Å². The Morgan fingerprint density at radius 3 is 2.50 bits per heavy atom. The predicted molar refractivity (Wildman–Crippen MR) is 67.3 cm³/mol. The van der Waals surface area contributed by atoms with Gasteiger partial charge in [0.15, 0.2) is 0 Å². The van der Waals surface area contributed by atoms with E-state index in [2.05, 4.69) is 33.0 Å². The minimum Gasteiger partial charge on any atom is -0.345 e. The summed E-state index contributed by atoms with van der Waals surface area (Å²) in [6.07, 6.45) is 2.11. The van der Waals surface area contributed by atoms with Crippen molar-refractivity contribution in [2.75, 3.05) is 26.7 Å². The lowest BCUT2D eigenvalue weighted by Crippen LogP contribution is -2.50. The van der Waals surface area contributed by atoms with Crippen molar-refractivity contribution in [2.24, 2.45) is 10.8 Å². The number of piperidine rings is 1. The van der Waals surface area contributed by atoms with Gasteiger partial charge in [-0.15, -0.1) is 0 Å². The summed E-state index contributed by atoms with van der Waals surface area (Å²) in [7, 11) is 1.92. The van der Waals surface area contributed by atoms with Gasteiger partial charge in [0.25, 0.3) is 0 Å². The Hall–Kier alpha value is -0.570. The van der Waals surface area contributed by atoms with Crippen LogP contribution in [-0.4, -0.2) is 37.5 Å². The van der Waals surface area contributed by atoms with Crippen LogP contribution in [0, 0.1) is 10.8 Å². The molecule has 3 heteroatoms. The molecule has 1 N–H and O–H groups in total. The molecule has 1 aliphatic rings. The van der Waals surface area contributed by atoms with Gasteiger partial charge in [-0.2, -0.15) is 0 Å². The van der Waals surface area contributed by atoms with E-state index in [1.165, 1.54) is 0 Å². The Balaban J connectivity index is 2.62. The van der Waals surface area contributed by atoms with Gasteiger partial charge < -0.3 is 10.2 Å². The molecule has 0 aromatic rings. The number of carbonyl (C=O) groups excluding carboxylic acids is 1. The summed E-state index contributed by atoms with van der Waals surface area (Å²) in [6.45, 7) is 11.3. The molecule has 0 radical (unpaired) electrons. The van der Waals surface area contributed by atoms with Crippen LogP contribution < -0.4 is 5.32 Å². The fourth-order valence-corrected chi connectivity index (χ4v) is 2.48. The van der Waals surface area contributed by atoms with E-state index in [0.717, 1.165) is 32.5 Å². The molecular formula is C13H26N2O. The van der Waals surface area contributed by atoms with Crippen molar-refractivity contribution in [3.8, 4) is 0 Å². The van der Waals surface area contributed by atoms with Crippen LogP contribution in [0.5, 0.6) is 0 Å². The standard InChI is InChI=1S/C13H26N2O/c1-12(2,3)10-15(5)11(16)13(4)7-6-8-14-9-13/h14H,6-10H2,1-5H3. The molecule has 3 nitrogen and oxygen atoms in total. The quantitative estimate of drug-likeness (QED) is 0.780. The molecule has 16 heavy (non-hydrogen) atoms. The zero-order chi connectivity index (χ0) is 12.4. The lowest BCUT2D eigenvalue weighted by atomic mass is 9.81. The van der Waals surface area contributed by atoms with Gasteiger partial charge in [0.05, 0.1) is 5.41 Å². The van der Waals surface area contributed by atoms with Crippen molar-refractivity contribution in [2.45, 2.75) is 40.5 Å². The van der Waals surface area contributed by atoms with Crippen LogP contribution in [0.15, 0.2) is 0 Å². The number of nitrogens with one attached hydrogen (secondary N) is 1. The van der Waals surface area contributed by atoms with Gasteiger partial charge >= 0.3 is 0 Å². The average Bonchev–Trinajstić information content (AvgIpc) is 2.15. The number of carbonyl (C=O) groups is 1. The van der Waals surface area contributed by atoms with Crippen LogP contribution in [0.4, 0.5) is 0 Å². The van der Waals surface area contributed by atoms with Crippen molar-refractivity contribution in [1.29, 1.82) is 0 Å². The molecule has 0 aromatic heterocycles. The molecular weight excluding hydrogens is 200 g/mol. The smallest absolute Gasteiger partial charge is 0.229 e. The van der Waals surface area contributed by atoms with E-state index in [9.17, 15) is 4.79 Å². The molecule has 94 valence electrons. The van der Waals surface area contributed by atoms with E-state index in [4.69, 9.17) is 0 Å². The van der Waals surface area contributed by atoms with Crippen LogP contribution in [0.3, 0.4) is 0 Å². The lowest BCUT2D eigenvalue weighted by Gasteiger charge is -2.38. The van der Waals surface area contributed by atoms with Gasteiger partial charge in [-0.3, -0.25) is 4.79 Å². The zero-order valence-electron chi connectivity index (χ0n) is 11.4. The summed E-state index contributed by atoms with van der Waals surface area (Å²) in [5.41, 5.74) is -0.0267. The molecule has 0 aromatic carbocycles. The topological polar surface area (TPSA) is 32.3 Å². The highest BCUT2D eigenvalue weighted by molar-refractivity contribution is 5.82. The Morgan fingerprint density at radius 2 is 2.06 bits per heavy atom. The minimum absolute atomic E-state index is 0.170. The molecule has 0 saturated carbocycles. The van der Waals surface area contributed by atoms with Crippen molar-refractivity contribution in [3.63, 3.8) is 0 Å². The summed E-state index contributed by atoms with van der Waals surface area (Å²) in [5.74, 6) is 0.287. The monoisotopic (exact) mass is 226 g/mol. The number of nitrogens with zero attached hydrogens (tertiary/aromatic N) is 1. The third-order valence-electron chi connectivity index (χ3n) is 3.17. The molecule has 1 fully saturated rings. The zero-order valence-corrected chi connectivity index (χ0v) is 11.4. The van der Waals surface area contributed by atoms with Crippen LogP contribution in [0.2, 0.25) is 0 Å². The highest BCUT2D eigenvalue weighted by atomic mass is 16.2. The third-order valence-corrected chi connectivity index (χ3v) is 3.17. The van der Waals surface area contributed by atoms with E-state index >= 15 is 0 Å². The van der Waals surface area contributed by atoms with E-state index in [-0.39, 0.29) is 16.7 Å². The van der Waals surface area contributed by atoms with E-state index < -0.39 is 0 Å². The first kappa shape index (κ1) is 13.5. The number of rotatable bonds is 2. The fourth-order valence-electron chi connectivity index (χ4n) is 2.48. The summed E-state index contributed by atoms with van der Waals surface area (Å²) in [6, 6.07) is 0. The van der Waals surface area contributed by atoms with Gasteiger partial charge in [0.1, 0.15) is 0 Å². The van der Waals surface area contributed by atoms with E-state index in [0.29, 0.717) is 0 Å². The molecule has 1 atom stereocenters. The van der Waals surface area contributed by atoms with Crippen molar-refractivity contribution < 1.29 is 4.79 Å². The van der Waals surface area contributed by atoms with E-state index in [1.54, 1.807) is 0 Å². The lowest BCUT2D eigenvalue weighted by molar-refractivity contribution is -0.142. The van der Waals surface area contributed by atoms with Crippen LogP contribution in [-0.2, 0) is 4.79 Å². The maximum atomic E-state index is 12.4. The largest absolute Gasteiger partial charge is 0.345 e. The average molecular weight is 226 g/mol. The number of amides is 1. The molecule has 1 unspecified atom stereocenters. The predicted octanol–water partition coefficient (Wildman–Crippen LogP) is 1.88. The first-order valence-corrected chi connectivity index (χ1v) is 6.21. The first-order chi connectivity index (χ1) is 7.25. The Labute approximate surface area is 99.6 Å². The first-order valence-electron chi connectivity index (χ1n) is 6.21. The highest BCUT2D eigenvalue weighted by Crippen LogP contribution is 2.28. The normalized spacial score (nSPS) is 26.6. The summed E-state index contributed by atoms with van der Waals surface area (Å²) >= 11 is 0. The second-order valence-electron chi connectivity index (χ2n) is 6.56. The Morgan fingerprint density at radius 1 is 1.44 bits per heavy atom. The molecule has 0 aliphatic carbocycles. The summed E-state index contributed by atoms with van der Waals surface area (Å²) in [4.78, 5) is 14.3. The minimum atomic E-state index is -0.196. The second kappa shape index (κ2) is 4.74. The van der Waals surface area contributed by atoms with Crippen molar-refractivity contribution in [3.05, 3.63) is 0 Å². The molecule has 0 spiro atoms. The molecule has 1 rings (SSSR count). The molecule has 0 bridgehead atoms. The number of hydrogen-bond donors (Lipinski definition) is 1. The van der Waals surface area contributed by atoms with Crippen molar-refractivity contribution in [1.82, 2.24) is 10.2 Å². The molecule has 1 saturated heterocycles. The van der Waals surface area contributed by atoms with Crippen molar-refractivity contribution >= 4 is 5.91 Å². The van der Waals surface area contributed by atoms with Gasteiger partial charge in [-0.05, 0) is 31.7 Å². The summed E-state index contributed by atoms with van der Waals surface area (Å²) in [5, 5.41) is 3.33. The van der Waals surface area contributed by atoms with Crippen LogP contribution >= 0.6 is 0 Å². The highest BCUT2D eigenvalue weighted by Gasteiger charge is 2.37. The maximum absolute atomic E-state index is 12.4.